The van der Waals surface area contributed by atoms with Crippen LogP contribution in [0.3, 0.4) is 0 Å². The lowest BCUT2D eigenvalue weighted by Gasteiger charge is -2.32. The van der Waals surface area contributed by atoms with Gasteiger partial charge in [-0.3, -0.25) is 0 Å². The zero-order chi connectivity index (χ0) is 13.9. The van der Waals surface area contributed by atoms with Crippen LogP contribution in [0.5, 0.6) is 0 Å². The SMILES string of the molecule is CCN1CCC[C@H](CNS(=O)(=O)[C@@H]2CCO[C@H]2C)C1. The van der Waals surface area contributed by atoms with Crippen molar-refractivity contribution in [3.63, 3.8) is 0 Å². The molecule has 6 heteroatoms. The summed E-state index contributed by atoms with van der Waals surface area (Å²) in [6.07, 6.45) is 2.72. The van der Waals surface area contributed by atoms with Crippen LogP contribution in [0.15, 0.2) is 0 Å². The molecule has 19 heavy (non-hydrogen) atoms. The minimum Gasteiger partial charge on any atom is -0.377 e. The van der Waals surface area contributed by atoms with E-state index >= 15 is 0 Å². The number of nitrogens with zero attached hydrogens (tertiary/aromatic N) is 1. The van der Waals surface area contributed by atoms with Crippen molar-refractivity contribution in [1.82, 2.24) is 9.62 Å². The first-order valence-corrected chi connectivity index (χ1v) is 8.90. The lowest BCUT2D eigenvalue weighted by atomic mass is 9.98. The van der Waals surface area contributed by atoms with Crippen molar-refractivity contribution >= 4 is 10.0 Å². The van der Waals surface area contributed by atoms with Gasteiger partial charge in [0.25, 0.3) is 0 Å². The van der Waals surface area contributed by atoms with Gasteiger partial charge in [-0.2, -0.15) is 0 Å². The highest BCUT2D eigenvalue weighted by molar-refractivity contribution is 7.90. The van der Waals surface area contributed by atoms with Crippen molar-refractivity contribution in [2.75, 3.05) is 32.8 Å². The second-order valence-electron chi connectivity index (χ2n) is 5.70. The van der Waals surface area contributed by atoms with Gasteiger partial charge in [0.2, 0.25) is 10.0 Å². The van der Waals surface area contributed by atoms with Crippen LogP contribution in [0.4, 0.5) is 0 Å². The maximum Gasteiger partial charge on any atom is 0.217 e. The molecule has 2 heterocycles. The molecule has 0 aromatic carbocycles. The quantitative estimate of drug-likeness (QED) is 0.814. The standard InChI is InChI=1S/C13H26N2O3S/c1-3-15-7-4-5-12(10-15)9-14-19(16,17)13-6-8-18-11(13)2/h11-14H,3-10H2,1-2H3/t11-,12+,13+/m0/s1. The van der Waals surface area contributed by atoms with Crippen molar-refractivity contribution in [3.8, 4) is 0 Å². The maximum atomic E-state index is 12.2. The van der Waals surface area contributed by atoms with E-state index in [4.69, 9.17) is 4.74 Å². The Kier molecular flexibility index (Phi) is 5.22. The molecule has 1 N–H and O–H groups in total. The van der Waals surface area contributed by atoms with Gasteiger partial charge < -0.3 is 9.64 Å². The molecule has 0 aromatic heterocycles. The van der Waals surface area contributed by atoms with E-state index in [0.717, 1.165) is 26.1 Å². The third kappa shape index (κ3) is 3.90. The Morgan fingerprint density at radius 3 is 2.79 bits per heavy atom. The molecule has 2 rings (SSSR count). The first-order valence-electron chi connectivity index (χ1n) is 7.35. The highest BCUT2D eigenvalue weighted by atomic mass is 32.2. The van der Waals surface area contributed by atoms with E-state index in [1.165, 1.54) is 6.42 Å². The van der Waals surface area contributed by atoms with Crippen molar-refractivity contribution in [1.29, 1.82) is 0 Å². The van der Waals surface area contributed by atoms with Crippen LogP contribution >= 0.6 is 0 Å². The Morgan fingerprint density at radius 2 is 2.16 bits per heavy atom. The van der Waals surface area contributed by atoms with Gasteiger partial charge in [0.05, 0.1) is 6.10 Å². The molecule has 2 fully saturated rings. The van der Waals surface area contributed by atoms with Crippen LogP contribution in [0, 0.1) is 5.92 Å². The zero-order valence-electron chi connectivity index (χ0n) is 12.0. The van der Waals surface area contributed by atoms with E-state index in [-0.39, 0.29) is 11.4 Å². The van der Waals surface area contributed by atoms with Gasteiger partial charge in [-0.25, -0.2) is 13.1 Å². The molecular weight excluding hydrogens is 264 g/mol. The fourth-order valence-corrected chi connectivity index (χ4v) is 4.74. The van der Waals surface area contributed by atoms with Crippen LogP contribution in [0.25, 0.3) is 0 Å². The first kappa shape index (κ1) is 15.2. The molecule has 2 saturated heterocycles. The van der Waals surface area contributed by atoms with Gasteiger partial charge in [-0.1, -0.05) is 6.92 Å². The first-order chi connectivity index (χ1) is 9.03. The second kappa shape index (κ2) is 6.52. The van der Waals surface area contributed by atoms with Crippen LogP contribution in [-0.4, -0.2) is 57.5 Å². The van der Waals surface area contributed by atoms with Gasteiger partial charge in [-0.15, -0.1) is 0 Å². The summed E-state index contributed by atoms with van der Waals surface area (Å²) in [4.78, 5) is 2.39. The molecular formula is C13H26N2O3S. The molecule has 0 radical (unpaired) electrons. The highest BCUT2D eigenvalue weighted by Gasteiger charge is 2.36. The normalized spacial score (nSPS) is 33.7. The zero-order valence-corrected chi connectivity index (χ0v) is 12.8. The van der Waals surface area contributed by atoms with E-state index < -0.39 is 10.0 Å². The van der Waals surface area contributed by atoms with Crippen LogP contribution < -0.4 is 4.72 Å². The summed E-state index contributed by atoms with van der Waals surface area (Å²) >= 11 is 0. The number of hydrogen-bond acceptors (Lipinski definition) is 4. The number of nitrogens with one attached hydrogen (secondary N) is 1. The molecule has 0 amide bonds. The Bertz CT molecular complexity index is 385. The number of rotatable bonds is 5. The van der Waals surface area contributed by atoms with E-state index in [9.17, 15) is 8.42 Å². The van der Waals surface area contributed by atoms with Crippen molar-refractivity contribution in [2.24, 2.45) is 5.92 Å². The molecule has 0 aromatic rings. The average Bonchev–Trinajstić information content (AvgIpc) is 2.84. The third-order valence-electron chi connectivity index (χ3n) is 4.33. The van der Waals surface area contributed by atoms with Crippen molar-refractivity contribution in [2.45, 2.75) is 44.5 Å². The summed E-state index contributed by atoms with van der Waals surface area (Å²) in [5.41, 5.74) is 0. The smallest absolute Gasteiger partial charge is 0.217 e. The second-order valence-corrected chi connectivity index (χ2v) is 7.68. The molecule has 3 atom stereocenters. The molecule has 2 aliphatic heterocycles. The Labute approximate surface area is 116 Å². The number of likely N-dealkylation sites (tertiary alicyclic amines) is 1. The summed E-state index contributed by atoms with van der Waals surface area (Å²) < 4.78 is 32.6. The molecule has 2 aliphatic rings. The van der Waals surface area contributed by atoms with Crippen molar-refractivity contribution in [3.05, 3.63) is 0 Å². The van der Waals surface area contributed by atoms with E-state index in [1.54, 1.807) is 0 Å². The fraction of sp³-hybridized carbons (Fsp3) is 1.00. The van der Waals surface area contributed by atoms with Gasteiger partial charge >= 0.3 is 0 Å². The fourth-order valence-electron chi connectivity index (χ4n) is 3.07. The number of sulfonamides is 1. The molecule has 0 spiro atoms. The summed E-state index contributed by atoms with van der Waals surface area (Å²) in [6, 6.07) is 0. The van der Waals surface area contributed by atoms with Gasteiger partial charge in [0, 0.05) is 19.7 Å². The van der Waals surface area contributed by atoms with Crippen LogP contribution in [0.2, 0.25) is 0 Å². The molecule has 0 bridgehead atoms. The lowest BCUT2D eigenvalue weighted by molar-refractivity contribution is 0.126. The van der Waals surface area contributed by atoms with Crippen LogP contribution in [0.1, 0.15) is 33.1 Å². The average molecular weight is 290 g/mol. The molecule has 0 unspecified atom stereocenters. The lowest BCUT2D eigenvalue weighted by Crippen LogP contribution is -2.44. The number of piperidine rings is 1. The summed E-state index contributed by atoms with van der Waals surface area (Å²) in [5.74, 6) is 0.445. The summed E-state index contributed by atoms with van der Waals surface area (Å²) in [6.45, 7) is 8.34. The van der Waals surface area contributed by atoms with E-state index in [1.807, 2.05) is 6.92 Å². The maximum absolute atomic E-state index is 12.2. The largest absolute Gasteiger partial charge is 0.377 e. The van der Waals surface area contributed by atoms with Crippen LogP contribution in [-0.2, 0) is 14.8 Å². The monoisotopic (exact) mass is 290 g/mol. The van der Waals surface area contributed by atoms with Gasteiger partial charge in [0.15, 0.2) is 0 Å². The summed E-state index contributed by atoms with van der Waals surface area (Å²) in [7, 11) is -3.23. The van der Waals surface area contributed by atoms with Gasteiger partial charge in [-0.05, 0) is 45.2 Å². The molecule has 0 saturated carbocycles. The highest BCUT2D eigenvalue weighted by Crippen LogP contribution is 2.21. The number of hydrogen-bond donors (Lipinski definition) is 1. The third-order valence-corrected chi connectivity index (χ3v) is 6.31. The van der Waals surface area contributed by atoms with Crippen molar-refractivity contribution < 1.29 is 13.2 Å². The Hall–Kier alpha value is -0.170. The Balaban J connectivity index is 1.84. The predicted octanol–water partition coefficient (Wildman–Crippen LogP) is 0.815. The topological polar surface area (TPSA) is 58.6 Å². The van der Waals surface area contributed by atoms with Gasteiger partial charge in [0.1, 0.15) is 5.25 Å². The minimum atomic E-state index is -3.23. The van der Waals surface area contributed by atoms with E-state index in [2.05, 4.69) is 16.5 Å². The minimum absolute atomic E-state index is 0.184. The molecule has 0 aliphatic carbocycles. The molecule has 5 nitrogen and oxygen atoms in total. The predicted molar refractivity (Wildman–Crippen MR) is 75.6 cm³/mol. The Morgan fingerprint density at radius 1 is 1.37 bits per heavy atom. The van der Waals surface area contributed by atoms with E-state index in [0.29, 0.717) is 25.5 Å². The summed E-state index contributed by atoms with van der Waals surface area (Å²) in [5, 5.41) is -0.377. The molecule has 112 valence electrons. The number of ether oxygens (including phenoxy) is 1.